The van der Waals surface area contributed by atoms with Gasteiger partial charge in [-0.15, -0.1) is 5.10 Å². The fraction of sp³-hybridized carbons (Fsp3) is 0.0556. The van der Waals surface area contributed by atoms with Crippen LogP contribution in [0.25, 0.3) is 11.3 Å². The molecule has 0 unspecified atom stereocenters. The highest BCUT2D eigenvalue weighted by atomic mass is 16.1. The number of fused-ring (bicyclic) bond motifs is 3. The van der Waals surface area contributed by atoms with Gasteiger partial charge in [0, 0.05) is 17.5 Å². The Bertz CT molecular complexity index is 841. The summed E-state index contributed by atoms with van der Waals surface area (Å²) in [7, 11) is 0. The molecule has 100 valence electrons. The third-order valence-corrected chi connectivity index (χ3v) is 3.74. The highest BCUT2D eigenvalue weighted by Crippen LogP contribution is 2.34. The van der Waals surface area contributed by atoms with Crippen molar-refractivity contribution in [2.24, 2.45) is 0 Å². The normalized spacial score (nSPS) is 12.1. The van der Waals surface area contributed by atoms with Crippen LogP contribution in [-0.2, 0) is 6.42 Å². The molecule has 0 fully saturated rings. The molecule has 4 rings (SSSR count). The Hall–Kier alpha value is -2.81. The lowest BCUT2D eigenvalue weighted by atomic mass is 10.1. The van der Waals surface area contributed by atoms with Gasteiger partial charge in [0.15, 0.2) is 5.78 Å². The molecule has 2 aromatic carbocycles. The first-order valence-corrected chi connectivity index (χ1v) is 6.87. The molecule has 0 amide bonds. The molecular formula is C18H12N2O. The quantitative estimate of drug-likeness (QED) is 0.562. The molecule has 0 N–H and O–H groups in total. The molecule has 1 aliphatic rings. The van der Waals surface area contributed by atoms with Crippen LogP contribution in [0.1, 0.15) is 27.2 Å². The van der Waals surface area contributed by atoms with Crippen molar-refractivity contribution in [2.75, 3.05) is 0 Å². The summed E-state index contributed by atoms with van der Waals surface area (Å²) in [5.74, 6) is 0.0461. The molecule has 21 heavy (non-hydrogen) atoms. The summed E-state index contributed by atoms with van der Waals surface area (Å²) in [6.45, 7) is 0. The average Bonchev–Trinajstić information content (AvgIpc) is 2.82. The van der Waals surface area contributed by atoms with Crippen LogP contribution in [0.3, 0.4) is 0 Å². The van der Waals surface area contributed by atoms with E-state index >= 15 is 0 Å². The molecule has 0 radical (unpaired) electrons. The molecule has 0 atom stereocenters. The summed E-state index contributed by atoms with van der Waals surface area (Å²) in [5, 5.41) is 8.55. The molecule has 3 aromatic rings. The fourth-order valence-corrected chi connectivity index (χ4v) is 2.73. The number of ketones is 1. The predicted octanol–water partition coefficient (Wildman–Crippen LogP) is 3.28. The molecule has 0 bridgehead atoms. The monoisotopic (exact) mass is 272 g/mol. The summed E-state index contributed by atoms with van der Waals surface area (Å²) in [6.07, 6.45) is 0.685. The Morgan fingerprint density at radius 3 is 2.29 bits per heavy atom. The lowest BCUT2D eigenvalue weighted by Gasteiger charge is -2.02. The van der Waals surface area contributed by atoms with Gasteiger partial charge in [-0.05, 0) is 11.6 Å². The minimum absolute atomic E-state index is 0.0461. The van der Waals surface area contributed by atoms with Gasteiger partial charge < -0.3 is 0 Å². The second-order valence-electron chi connectivity index (χ2n) is 5.14. The molecule has 1 aromatic heterocycles. The molecule has 0 saturated carbocycles. The van der Waals surface area contributed by atoms with Crippen molar-refractivity contribution in [3.05, 3.63) is 83.0 Å². The van der Waals surface area contributed by atoms with Crippen molar-refractivity contribution in [1.82, 2.24) is 10.2 Å². The van der Waals surface area contributed by atoms with Crippen LogP contribution in [-0.4, -0.2) is 16.0 Å². The summed E-state index contributed by atoms with van der Waals surface area (Å²) in [5.41, 5.74) is 4.95. The number of hydrogen-bond donors (Lipinski definition) is 0. The lowest BCUT2D eigenvalue weighted by Crippen LogP contribution is -2.01. The Kier molecular flexibility index (Phi) is 2.64. The number of benzene rings is 2. The smallest absolute Gasteiger partial charge is 0.196 e. The van der Waals surface area contributed by atoms with E-state index in [1.54, 1.807) is 0 Å². The maximum absolute atomic E-state index is 12.4. The summed E-state index contributed by atoms with van der Waals surface area (Å²) < 4.78 is 0. The largest absolute Gasteiger partial charge is 0.289 e. The number of hydrogen-bond acceptors (Lipinski definition) is 3. The van der Waals surface area contributed by atoms with E-state index in [2.05, 4.69) is 10.2 Å². The highest BCUT2D eigenvalue weighted by molar-refractivity contribution is 6.20. The third-order valence-electron chi connectivity index (χ3n) is 3.74. The third kappa shape index (κ3) is 1.94. The van der Waals surface area contributed by atoms with Gasteiger partial charge in [0.25, 0.3) is 0 Å². The summed E-state index contributed by atoms with van der Waals surface area (Å²) >= 11 is 0. The van der Waals surface area contributed by atoms with E-state index in [1.165, 1.54) is 0 Å². The zero-order valence-corrected chi connectivity index (χ0v) is 11.3. The van der Waals surface area contributed by atoms with E-state index in [1.807, 2.05) is 60.7 Å². The minimum Gasteiger partial charge on any atom is -0.289 e. The Balaban J connectivity index is 1.75. The summed E-state index contributed by atoms with van der Waals surface area (Å²) in [4.78, 5) is 12.4. The molecule has 1 aliphatic carbocycles. The first kappa shape index (κ1) is 12.0. The second-order valence-corrected chi connectivity index (χ2v) is 5.14. The van der Waals surface area contributed by atoms with Gasteiger partial charge in [-0.3, -0.25) is 4.79 Å². The van der Waals surface area contributed by atoms with E-state index in [9.17, 15) is 4.79 Å². The topological polar surface area (TPSA) is 42.9 Å². The predicted molar refractivity (Wildman–Crippen MR) is 80.1 cm³/mol. The number of nitrogens with zero attached hydrogens (tertiary/aromatic N) is 2. The Morgan fingerprint density at radius 1 is 0.762 bits per heavy atom. The van der Waals surface area contributed by atoms with Crippen molar-refractivity contribution in [3.8, 4) is 11.3 Å². The molecule has 0 spiro atoms. The van der Waals surface area contributed by atoms with Crippen LogP contribution in [0.4, 0.5) is 0 Å². The zero-order chi connectivity index (χ0) is 14.2. The molecule has 1 heterocycles. The molecule has 3 heteroatoms. The maximum atomic E-state index is 12.4. The minimum atomic E-state index is 0.0461. The van der Waals surface area contributed by atoms with Gasteiger partial charge >= 0.3 is 0 Å². The second kappa shape index (κ2) is 4.63. The molecular weight excluding hydrogens is 260 g/mol. The number of carbonyl (C=O) groups is 1. The number of aromatic nitrogens is 2. The van der Waals surface area contributed by atoms with E-state index in [-0.39, 0.29) is 5.78 Å². The number of carbonyl (C=O) groups excluding carboxylic acids is 1. The number of rotatable bonds is 2. The van der Waals surface area contributed by atoms with Crippen LogP contribution in [0.15, 0.2) is 60.7 Å². The van der Waals surface area contributed by atoms with E-state index < -0.39 is 0 Å². The first-order chi connectivity index (χ1) is 10.3. The van der Waals surface area contributed by atoms with Gasteiger partial charge in [0.2, 0.25) is 0 Å². The average molecular weight is 272 g/mol. The van der Waals surface area contributed by atoms with Crippen LogP contribution in [0, 0.1) is 0 Å². The van der Waals surface area contributed by atoms with Crippen LogP contribution >= 0.6 is 0 Å². The van der Waals surface area contributed by atoms with Gasteiger partial charge in [-0.1, -0.05) is 54.6 Å². The Labute approximate surface area is 122 Å². The SMILES string of the molecule is O=C1c2ccccc2-c2nnc(Cc3ccccc3)cc21. The molecule has 0 saturated heterocycles. The van der Waals surface area contributed by atoms with Crippen LogP contribution in [0.2, 0.25) is 0 Å². The summed E-state index contributed by atoms with van der Waals surface area (Å²) in [6, 6.07) is 19.5. The van der Waals surface area contributed by atoms with E-state index in [0.717, 1.165) is 22.4 Å². The fourth-order valence-electron chi connectivity index (χ4n) is 2.73. The van der Waals surface area contributed by atoms with Crippen molar-refractivity contribution in [3.63, 3.8) is 0 Å². The Morgan fingerprint density at radius 2 is 1.48 bits per heavy atom. The van der Waals surface area contributed by atoms with Gasteiger partial charge in [-0.2, -0.15) is 5.10 Å². The zero-order valence-electron chi connectivity index (χ0n) is 11.3. The van der Waals surface area contributed by atoms with Crippen molar-refractivity contribution in [2.45, 2.75) is 6.42 Å². The van der Waals surface area contributed by atoms with Crippen molar-refractivity contribution < 1.29 is 4.79 Å². The molecule has 3 nitrogen and oxygen atoms in total. The van der Waals surface area contributed by atoms with Crippen LogP contribution < -0.4 is 0 Å². The van der Waals surface area contributed by atoms with Crippen LogP contribution in [0.5, 0.6) is 0 Å². The highest BCUT2D eigenvalue weighted by Gasteiger charge is 2.28. The van der Waals surface area contributed by atoms with Gasteiger partial charge in [-0.25, -0.2) is 0 Å². The molecule has 0 aliphatic heterocycles. The van der Waals surface area contributed by atoms with E-state index in [4.69, 9.17) is 0 Å². The van der Waals surface area contributed by atoms with Gasteiger partial charge in [0.05, 0.1) is 11.3 Å². The van der Waals surface area contributed by atoms with Crippen molar-refractivity contribution in [1.29, 1.82) is 0 Å². The van der Waals surface area contributed by atoms with E-state index in [0.29, 0.717) is 17.7 Å². The maximum Gasteiger partial charge on any atom is 0.196 e. The lowest BCUT2D eigenvalue weighted by molar-refractivity contribution is 0.104. The first-order valence-electron chi connectivity index (χ1n) is 6.87. The van der Waals surface area contributed by atoms with Gasteiger partial charge in [0.1, 0.15) is 5.69 Å². The standard InChI is InChI=1S/C18H12N2O/c21-18-15-9-5-4-8-14(15)17-16(18)11-13(19-20-17)10-12-6-2-1-3-7-12/h1-9,11H,10H2. The van der Waals surface area contributed by atoms with Crippen molar-refractivity contribution >= 4 is 5.78 Å².